The maximum atomic E-state index is 13.0. The van der Waals surface area contributed by atoms with Crippen molar-refractivity contribution in [2.24, 2.45) is 0 Å². The lowest BCUT2D eigenvalue weighted by Crippen LogP contribution is -2.23. The van der Waals surface area contributed by atoms with E-state index in [9.17, 15) is 9.18 Å². The molecule has 1 aromatic rings. The summed E-state index contributed by atoms with van der Waals surface area (Å²) in [4.78, 5) is 16.5. The van der Waals surface area contributed by atoms with Gasteiger partial charge in [0.1, 0.15) is 18.5 Å². The summed E-state index contributed by atoms with van der Waals surface area (Å²) < 4.78 is 17.8. The zero-order chi connectivity index (χ0) is 11.0. The summed E-state index contributed by atoms with van der Waals surface area (Å²) in [5.41, 5.74) is 1.18. The van der Waals surface area contributed by atoms with Crippen molar-refractivity contribution in [2.75, 3.05) is 13.7 Å². The average Bonchev–Trinajstić information content (AvgIpc) is 2.53. The molecule has 4 nitrogen and oxygen atoms in total. The number of halogens is 1. The number of ether oxygens (including phenoxy) is 1. The van der Waals surface area contributed by atoms with Crippen LogP contribution in [0.4, 0.5) is 9.18 Å². The number of aryl methyl sites for hydroxylation is 1. The van der Waals surface area contributed by atoms with Crippen LogP contribution in [0.5, 0.6) is 0 Å². The normalized spacial score (nSPS) is 20.6. The molecule has 1 amide bonds. The van der Waals surface area contributed by atoms with E-state index >= 15 is 0 Å². The Morgan fingerprint density at radius 2 is 2.40 bits per heavy atom. The standard InChI is InChI=1S/C10H11FN2O2/c1-6-3-8(12-4-7(6)11)9-5-15-10(14)13(9)2/h3-4,9H,5H2,1-2H3. The SMILES string of the molecule is Cc1cc(C2COC(=O)N2C)ncc1F. The largest absolute Gasteiger partial charge is 0.447 e. The quantitative estimate of drug-likeness (QED) is 0.707. The van der Waals surface area contributed by atoms with E-state index in [1.807, 2.05) is 0 Å². The number of amides is 1. The lowest BCUT2D eigenvalue weighted by atomic mass is 10.1. The van der Waals surface area contributed by atoms with Crippen molar-refractivity contribution in [2.45, 2.75) is 13.0 Å². The van der Waals surface area contributed by atoms with Crippen molar-refractivity contribution in [3.63, 3.8) is 0 Å². The minimum Gasteiger partial charge on any atom is -0.447 e. The van der Waals surface area contributed by atoms with Crippen LogP contribution in [-0.2, 0) is 4.74 Å². The summed E-state index contributed by atoms with van der Waals surface area (Å²) in [6.07, 6.45) is 0.796. The molecule has 15 heavy (non-hydrogen) atoms. The van der Waals surface area contributed by atoms with Crippen molar-refractivity contribution in [1.82, 2.24) is 9.88 Å². The second-order valence-electron chi connectivity index (χ2n) is 3.56. The molecular formula is C10H11FN2O2. The van der Waals surface area contributed by atoms with Crippen LogP contribution in [0.25, 0.3) is 0 Å². The molecule has 0 aliphatic carbocycles. The lowest BCUT2D eigenvalue weighted by molar-refractivity contribution is 0.163. The first kappa shape index (κ1) is 9.89. The average molecular weight is 210 g/mol. The molecule has 1 aliphatic heterocycles. The number of cyclic esters (lactones) is 1. The number of rotatable bonds is 1. The zero-order valence-electron chi connectivity index (χ0n) is 8.53. The molecule has 5 heteroatoms. The first-order valence-corrected chi connectivity index (χ1v) is 4.61. The Labute approximate surface area is 86.7 Å². The number of carbonyl (C=O) groups excluding carboxylic acids is 1. The van der Waals surface area contributed by atoms with Crippen LogP contribution in [0, 0.1) is 12.7 Å². The maximum absolute atomic E-state index is 13.0. The molecule has 2 heterocycles. The molecule has 0 saturated carbocycles. The van der Waals surface area contributed by atoms with Gasteiger partial charge < -0.3 is 4.74 Å². The number of hydrogen-bond acceptors (Lipinski definition) is 3. The van der Waals surface area contributed by atoms with Gasteiger partial charge in [0.05, 0.1) is 11.9 Å². The third kappa shape index (κ3) is 1.65. The van der Waals surface area contributed by atoms with Crippen molar-refractivity contribution >= 4 is 6.09 Å². The van der Waals surface area contributed by atoms with Gasteiger partial charge in [-0.1, -0.05) is 0 Å². The van der Waals surface area contributed by atoms with E-state index in [4.69, 9.17) is 4.74 Å². The first-order chi connectivity index (χ1) is 7.09. The highest BCUT2D eigenvalue weighted by atomic mass is 19.1. The highest BCUT2D eigenvalue weighted by Crippen LogP contribution is 2.25. The highest BCUT2D eigenvalue weighted by Gasteiger charge is 2.31. The number of likely N-dealkylation sites (N-methyl/N-ethyl adjacent to an activating group) is 1. The predicted octanol–water partition coefficient (Wildman–Crippen LogP) is 1.65. The van der Waals surface area contributed by atoms with Crippen LogP contribution in [0.15, 0.2) is 12.3 Å². The summed E-state index contributed by atoms with van der Waals surface area (Å²) in [6, 6.07) is 1.43. The summed E-state index contributed by atoms with van der Waals surface area (Å²) in [7, 11) is 1.64. The van der Waals surface area contributed by atoms with E-state index < -0.39 is 0 Å². The number of aromatic nitrogens is 1. The second-order valence-corrected chi connectivity index (χ2v) is 3.56. The van der Waals surface area contributed by atoms with Gasteiger partial charge in [0.25, 0.3) is 0 Å². The van der Waals surface area contributed by atoms with Crippen LogP contribution >= 0.6 is 0 Å². The Balaban J connectivity index is 2.30. The lowest BCUT2D eigenvalue weighted by Gasteiger charge is -2.15. The minimum absolute atomic E-state index is 0.211. The Hall–Kier alpha value is -1.65. The van der Waals surface area contributed by atoms with Crippen molar-refractivity contribution in [3.05, 3.63) is 29.3 Å². The fraction of sp³-hybridized carbons (Fsp3) is 0.400. The van der Waals surface area contributed by atoms with Crippen LogP contribution < -0.4 is 0 Å². The van der Waals surface area contributed by atoms with E-state index in [2.05, 4.69) is 4.98 Å². The molecule has 1 fully saturated rings. The molecule has 1 unspecified atom stereocenters. The Morgan fingerprint density at radius 3 is 2.93 bits per heavy atom. The summed E-state index contributed by atoms with van der Waals surface area (Å²) >= 11 is 0. The fourth-order valence-corrected chi connectivity index (χ4v) is 1.52. The van der Waals surface area contributed by atoms with Gasteiger partial charge in [-0.2, -0.15) is 0 Å². The van der Waals surface area contributed by atoms with Gasteiger partial charge in [-0.25, -0.2) is 9.18 Å². The minimum atomic E-state index is -0.372. The van der Waals surface area contributed by atoms with E-state index in [0.717, 1.165) is 0 Å². The molecule has 1 saturated heterocycles. The van der Waals surface area contributed by atoms with Gasteiger partial charge in [0, 0.05) is 7.05 Å². The fourth-order valence-electron chi connectivity index (χ4n) is 1.52. The smallest absolute Gasteiger partial charge is 0.410 e. The number of hydrogen-bond donors (Lipinski definition) is 0. The van der Waals surface area contributed by atoms with Crippen molar-refractivity contribution in [3.8, 4) is 0 Å². The molecule has 0 N–H and O–H groups in total. The highest BCUT2D eigenvalue weighted by molar-refractivity contribution is 5.69. The number of nitrogens with zero attached hydrogens (tertiary/aromatic N) is 2. The summed E-state index contributed by atoms with van der Waals surface area (Å²) in [5.74, 6) is -0.341. The van der Waals surface area contributed by atoms with E-state index in [-0.39, 0.29) is 24.6 Å². The molecule has 80 valence electrons. The van der Waals surface area contributed by atoms with Gasteiger partial charge in [0.2, 0.25) is 0 Å². The molecule has 0 aromatic carbocycles. The Kier molecular flexibility index (Phi) is 2.30. The molecule has 1 aromatic heterocycles. The molecule has 1 aliphatic rings. The van der Waals surface area contributed by atoms with Crippen molar-refractivity contribution < 1.29 is 13.9 Å². The van der Waals surface area contributed by atoms with Crippen LogP contribution in [0.3, 0.4) is 0 Å². The number of pyridine rings is 1. The maximum Gasteiger partial charge on any atom is 0.410 e. The predicted molar refractivity (Wildman–Crippen MR) is 50.8 cm³/mol. The Morgan fingerprint density at radius 1 is 1.67 bits per heavy atom. The number of carbonyl (C=O) groups is 1. The van der Waals surface area contributed by atoms with Crippen LogP contribution in [-0.4, -0.2) is 29.6 Å². The van der Waals surface area contributed by atoms with Gasteiger partial charge in [-0.05, 0) is 18.6 Å². The van der Waals surface area contributed by atoms with Gasteiger partial charge in [-0.3, -0.25) is 9.88 Å². The monoisotopic (exact) mass is 210 g/mol. The molecule has 2 rings (SSSR count). The van der Waals surface area contributed by atoms with Gasteiger partial charge in [-0.15, -0.1) is 0 Å². The van der Waals surface area contributed by atoms with Crippen LogP contribution in [0.2, 0.25) is 0 Å². The molecule has 0 bridgehead atoms. The van der Waals surface area contributed by atoms with Crippen LogP contribution in [0.1, 0.15) is 17.3 Å². The van der Waals surface area contributed by atoms with Gasteiger partial charge >= 0.3 is 6.09 Å². The Bertz CT molecular complexity index is 408. The molecular weight excluding hydrogens is 199 g/mol. The first-order valence-electron chi connectivity index (χ1n) is 4.61. The third-order valence-corrected chi connectivity index (χ3v) is 2.53. The van der Waals surface area contributed by atoms with E-state index in [1.165, 1.54) is 11.1 Å². The third-order valence-electron chi connectivity index (χ3n) is 2.53. The van der Waals surface area contributed by atoms with E-state index in [1.54, 1.807) is 20.0 Å². The molecule has 0 radical (unpaired) electrons. The second kappa shape index (κ2) is 3.49. The summed E-state index contributed by atoms with van der Waals surface area (Å²) in [6.45, 7) is 1.94. The molecule has 0 spiro atoms. The summed E-state index contributed by atoms with van der Waals surface area (Å²) in [5, 5.41) is 0. The van der Waals surface area contributed by atoms with Gasteiger partial charge in [0.15, 0.2) is 0 Å². The van der Waals surface area contributed by atoms with E-state index in [0.29, 0.717) is 11.3 Å². The zero-order valence-corrected chi connectivity index (χ0v) is 8.53. The van der Waals surface area contributed by atoms with Crippen molar-refractivity contribution in [1.29, 1.82) is 0 Å². The molecule has 1 atom stereocenters. The topological polar surface area (TPSA) is 42.4 Å².